The third-order valence-electron chi connectivity index (χ3n) is 10.3. The topological polar surface area (TPSA) is 26.6 Å². The van der Waals surface area contributed by atoms with Crippen LogP contribution >= 0.6 is 0 Å². The lowest BCUT2D eigenvalue weighted by Crippen LogP contribution is -2.52. The summed E-state index contributed by atoms with van der Waals surface area (Å²) in [5, 5.41) is 5.26. The Hall–Kier alpha value is -6.04. The molecule has 0 amide bonds. The summed E-state index contributed by atoms with van der Waals surface area (Å²) in [5.41, 5.74) is 10.7. The molecule has 240 valence electrons. The quantitative estimate of drug-likeness (QED) is 0.129. The minimum absolute atomic E-state index is 0.919. The van der Waals surface area contributed by atoms with Crippen molar-refractivity contribution in [3.05, 3.63) is 170 Å². The Bertz CT molecular complexity index is 2700. The highest BCUT2D eigenvalue weighted by Gasteiger charge is 2.29. The van der Waals surface area contributed by atoms with Crippen LogP contribution in [0.5, 0.6) is 0 Å². The number of aromatic nitrogens is 4. The summed E-state index contributed by atoms with van der Waals surface area (Å²) in [5.74, 6) is 0.919. The number of rotatable bonds is 6. The second kappa shape index (κ2) is 11.8. The normalized spacial score (nSPS) is 11.9. The molecule has 0 radical (unpaired) electrons. The van der Waals surface area contributed by atoms with E-state index in [9.17, 15) is 0 Å². The van der Waals surface area contributed by atoms with Crippen LogP contribution < -0.4 is 14.9 Å². The predicted molar refractivity (Wildman–Crippen MR) is 211 cm³/mol. The average Bonchev–Trinajstić information content (AvgIpc) is 3.69. The van der Waals surface area contributed by atoms with Crippen molar-refractivity contribution in [2.24, 2.45) is 7.05 Å². The number of hydrogen-bond acceptors (Lipinski definition) is 1. The number of fused-ring (bicyclic) bond motifs is 4. The van der Waals surface area contributed by atoms with Gasteiger partial charge in [0.05, 0.1) is 18.1 Å². The summed E-state index contributed by atoms with van der Waals surface area (Å²) in [6, 6.07) is 57.2. The lowest BCUT2D eigenvalue weighted by Gasteiger charge is -2.24. The van der Waals surface area contributed by atoms with Crippen molar-refractivity contribution < 1.29 is 4.57 Å². The molecule has 4 nitrogen and oxygen atoms in total. The van der Waals surface area contributed by atoms with Crippen LogP contribution in [0.2, 0.25) is 13.1 Å². The number of pyridine rings is 1. The van der Waals surface area contributed by atoms with Gasteiger partial charge in [0, 0.05) is 17.0 Å². The Labute approximate surface area is 293 Å². The van der Waals surface area contributed by atoms with Gasteiger partial charge in [-0.3, -0.25) is 4.57 Å². The molecule has 9 aromatic rings. The first-order valence-corrected chi connectivity index (χ1v) is 20.2. The maximum atomic E-state index is 5.00. The molecule has 0 atom stereocenters. The van der Waals surface area contributed by atoms with Crippen LogP contribution in [0.25, 0.3) is 66.6 Å². The van der Waals surface area contributed by atoms with Crippen LogP contribution in [0, 0.1) is 0 Å². The van der Waals surface area contributed by atoms with Gasteiger partial charge in [0.25, 0.3) is 0 Å². The van der Waals surface area contributed by atoms with E-state index in [2.05, 4.69) is 198 Å². The number of nitrogens with zero attached hydrogens (tertiary/aromatic N) is 4. The van der Waals surface area contributed by atoms with Crippen molar-refractivity contribution in [2.75, 3.05) is 0 Å². The first-order chi connectivity index (χ1) is 24.5. The molecule has 0 unspecified atom stereocenters. The summed E-state index contributed by atoms with van der Waals surface area (Å²) in [7, 11) is -0.0195. The highest BCUT2D eigenvalue weighted by Crippen LogP contribution is 2.35. The summed E-state index contributed by atoms with van der Waals surface area (Å²) in [6.07, 6.45) is 4.13. The Morgan fingerprint density at radius 1 is 0.540 bits per heavy atom. The van der Waals surface area contributed by atoms with E-state index >= 15 is 0 Å². The lowest BCUT2D eigenvalue weighted by molar-refractivity contribution is -0.645. The van der Waals surface area contributed by atoms with Crippen LogP contribution in [-0.2, 0) is 7.05 Å². The second-order valence-corrected chi connectivity index (χ2v) is 18.1. The predicted octanol–water partition coefficient (Wildman–Crippen LogP) is 9.10. The third-order valence-corrected chi connectivity index (χ3v) is 13.9. The smallest absolute Gasteiger partial charge is 0.249 e. The van der Waals surface area contributed by atoms with Gasteiger partial charge in [0.15, 0.2) is 11.0 Å². The van der Waals surface area contributed by atoms with Crippen molar-refractivity contribution in [3.8, 4) is 33.8 Å². The molecule has 3 aromatic heterocycles. The highest BCUT2D eigenvalue weighted by molar-refractivity contribution is 7.00. The van der Waals surface area contributed by atoms with Gasteiger partial charge >= 0.3 is 0 Å². The van der Waals surface area contributed by atoms with Gasteiger partial charge in [0.2, 0.25) is 6.33 Å². The van der Waals surface area contributed by atoms with Crippen molar-refractivity contribution >= 4 is 51.3 Å². The molecule has 3 heterocycles. The van der Waals surface area contributed by atoms with Gasteiger partial charge in [-0.05, 0) is 70.8 Å². The van der Waals surface area contributed by atoms with Crippen LogP contribution in [0.3, 0.4) is 0 Å². The van der Waals surface area contributed by atoms with Gasteiger partial charge in [-0.15, -0.1) is 0 Å². The van der Waals surface area contributed by atoms with E-state index in [1.165, 1.54) is 60.1 Å². The number of hydrogen-bond donors (Lipinski definition) is 0. The average molecular weight is 662 g/mol. The minimum Gasteiger partial charge on any atom is -0.294 e. The van der Waals surface area contributed by atoms with Crippen LogP contribution in [0.4, 0.5) is 0 Å². The number of aryl methyl sites for hydroxylation is 1. The highest BCUT2D eigenvalue weighted by atomic mass is 28.3. The molecule has 0 N–H and O–H groups in total. The summed E-state index contributed by atoms with van der Waals surface area (Å²) in [6.45, 7) is 4.93. The Morgan fingerprint density at radius 2 is 1.22 bits per heavy atom. The molecule has 0 saturated heterocycles. The van der Waals surface area contributed by atoms with E-state index in [1.807, 2.05) is 6.20 Å². The number of imidazole rings is 1. The molecule has 0 fully saturated rings. The SMILES string of the molecule is C[n+]1cn(-c2cccc([Si](C)(C)c3ccc4c5ccccc5n(-c5cc(-c6ccccc6-c6ccccc6)ccn5)c4c3)c2)c2ccccc21. The molecule has 9 rings (SSSR count). The van der Waals surface area contributed by atoms with Crippen LogP contribution in [0.1, 0.15) is 0 Å². The molecule has 0 aliphatic rings. The minimum atomic E-state index is -2.13. The monoisotopic (exact) mass is 661 g/mol. The number of benzene rings is 6. The molecule has 0 saturated carbocycles. The zero-order valence-electron chi connectivity index (χ0n) is 28.5. The fourth-order valence-electron chi connectivity index (χ4n) is 7.60. The summed E-state index contributed by atoms with van der Waals surface area (Å²) < 4.78 is 6.86. The lowest BCUT2D eigenvalue weighted by atomic mass is 9.95. The van der Waals surface area contributed by atoms with Gasteiger partial charge in [0.1, 0.15) is 19.6 Å². The van der Waals surface area contributed by atoms with Crippen molar-refractivity contribution in [1.29, 1.82) is 0 Å². The molecular weight excluding hydrogens is 625 g/mol. The Balaban J connectivity index is 1.18. The summed E-state index contributed by atoms with van der Waals surface area (Å²) >= 11 is 0. The van der Waals surface area contributed by atoms with E-state index in [0.717, 1.165) is 16.9 Å². The zero-order valence-corrected chi connectivity index (χ0v) is 29.5. The van der Waals surface area contributed by atoms with Gasteiger partial charge in [-0.2, -0.15) is 4.57 Å². The second-order valence-electron chi connectivity index (χ2n) is 13.7. The van der Waals surface area contributed by atoms with Crippen molar-refractivity contribution in [1.82, 2.24) is 14.1 Å². The maximum Gasteiger partial charge on any atom is 0.249 e. The van der Waals surface area contributed by atoms with E-state index in [4.69, 9.17) is 4.98 Å². The van der Waals surface area contributed by atoms with Crippen LogP contribution in [-0.4, -0.2) is 22.2 Å². The van der Waals surface area contributed by atoms with Crippen LogP contribution in [0.15, 0.2) is 170 Å². The fraction of sp³-hybridized carbons (Fsp3) is 0.0667. The fourth-order valence-corrected chi connectivity index (χ4v) is 9.95. The third kappa shape index (κ3) is 4.89. The molecular formula is C45H37N4Si+. The largest absolute Gasteiger partial charge is 0.294 e. The van der Waals surface area contributed by atoms with Gasteiger partial charge in [-0.25, -0.2) is 9.55 Å². The van der Waals surface area contributed by atoms with Crippen molar-refractivity contribution in [2.45, 2.75) is 13.1 Å². The molecule has 0 aliphatic carbocycles. The van der Waals surface area contributed by atoms with E-state index < -0.39 is 8.07 Å². The Morgan fingerprint density at radius 3 is 2.06 bits per heavy atom. The Kier molecular flexibility index (Phi) is 7.11. The van der Waals surface area contributed by atoms with E-state index in [-0.39, 0.29) is 0 Å². The molecule has 5 heteroatoms. The van der Waals surface area contributed by atoms with E-state index in [1.54, 1.807) is 0 Å². The van der Waals surface area contributed by atoms with Gasteiger partial charge < -0.3 is 0 Å². The standard InChI is InChI=1S/C45H37N4Si/c1-47-31-48(43-23-12-11-22-42(43)47)34-16-13-17-35(29-34)50(2,3)36-24-25-40-39-20-9-10-21-41(39)49(44(40)30-36)45-28-33(26-27-46-45)38-19-8-7-18-37(38)32-14-5-4-6-15-32/h4-31H,1-3H3/q+1. The van der Waals surface area contributed by atoms with Gasteiger partial charge in [-0.1, -0.05) is 133 Å². The molecule has 0 aliphatic heterocycles. The molecule has 50 heavy (non-hydrogen) atoms. The molecule has 0 bridgehead atoms. The number of para-hydroxylation sites is 3. The summed E-state index contributed by atoms with van der Waals surface area (Å²) in [4.78, 5) is 5.00. The molecule has 0 spiro atoms. The first-order valence-electron chi connectivity index (χ1n) is 17.2. The maximum absolute atomic E-state index is 5.00. The van der Waals surface area contributed by atoms with Crippen molar-refractivity contribution in [3.63, 3.8) is 0 Å². The zero-order chi connectivity index (χ0) is 33.8. The van der Waals surface area contributed by atoms with E-state index in [0.29, 0.717) is 0 Å². The molecule has 6 aromatic carbocycles. The first kappa shape index (κ1) is 30.0.